The van der Waals surface area contributed by atoms with Crippen molar-refractivity contribution in [1.82, 2.24) is 9.97 Å². The summed E-state index contributed by atoms with van der Waals surface area (Å²) < 4.78 is 0. The van der Waals surface area contributed by atoms with Crippen LogP contribution in [0, 0.1) is 20.0 Å². The first-order valence-electron chi connectivity index (χ1n) is 2.58. The highest BCUT2D eigenvalue weighted by Crippen LogP contribution is 2.08. The molecular weight excluding hydrogens is 136 g/mol. The summed E-state index contributed by atoms with van der Waals surface area (Å²) in [6, 6.07) is 0. The molecule has 0 spiro atoms. The first-order chi connectivity index (χ1) is 4.20. The van der Waals surface area contributed by atoms with Gasteiger partial charge in [0.2, 0.25) is 0 Å². The van der Waals surface area contributed by atoms with E-state index < -0.39 is 0 Å². The summed E-state index contributed by atoms with van der Waals surface area (Å²) in [4.78, 5) is 7.77. The Balaban J connectivity index is 3.17. The van der Waals surface area contributed by atoms with Crippen molar-refractivity contribution >= 4 is 11.6 Å². The van der Waals surface area contributed by atoms with E-state index in [-0.39, 0.29) is 0 Å². The zero-order valence-corrected chi connectivity index (χ0v) is 6.03. The maximum atomic E-state index is 5.60. The summed E-state index contributed by atoms with van der Waals surface area (Å²) in [5.74, 6) is 0.705. The molecule has 0 aliphatic rings. The second kappa shape index (κ2) is 2.31. The fourth-order valence-corrected chi connectivity index (χ4v) is 0.612. The van der Waals surface area contributed by atoms with Crippen LogP contribution in [0.1, 0.15) is 11.5 Å². The number of rotatable bonds is 0. The van der Waals surface area contributed by atoms with E-state index in [4.69, 9.17) is 11.6 Å². The van der Waals surface area contributed by atoms with Crippen molar-refractivity contribution in [2.24, 2.45) is 0 Å². The quantitative estimate of drug-likeness (QED) is 0.548. The summed E-state index contributed by atoms with van der Waals surface area (Å²) in [5.41, 5.74) is 0.782. The zero-order chi connectivity index (χ0) is 6.85. The molecule has 2 nitrogen and oxygen atoms in total. The van der Waals surface area contributed by atoms with Gasteiger partial charge < -0.3 is 0 Å². The molecule has 0 aliphatic carbocycles. The average Bonchev–Trinajstić information content (AvgIpc) is 1.80. The number of aryl methyl sites for hydroxylation is 2. The molecule has 0 fully saturated rings. The second-order valence-corrected chi connectivity index (χ2v) is 2.16. The summed E-state index contributed by atoms with van der Waals surface area (Å²) in [6.07, 6.45) is 2.62. The van der Waals surface area contributed by atoms with Gasteiger partial charge in [-0.2, -0.15) is 0 Å². The lowest BCUT2D eigenvalue weighted by molar-refractivity contribution is 1.01. The molecule has 1 aromatic heterocycles. The van der Waals surface area contributed by atoms with E-state index in [0.29, 0.717) is 10.8 Å². The second-order valence-electron chi connectivity index (χ2n) is 1.78. The fourth-order valence-electron chi connectivity index (χ4n) is 0.528. The molecular formula is C6H6ClN2. The molecule has 1 rings (SSSR count). The predicted molar refractivity (Wildman–Crippen MR) is 35.4 cm³/mol. The fraction of sp³-hybridized carbons (Fsp3) is 0.333. The minimum Gasteiger partial charge on any atom is -0.237 e. The molecule has 0 aliphatic heterocycles. The van der Waals surface area contributed by atoms with Gasteiger partial charge in [-0.15, -0.1) is 0 Å². The Bertz CT molecular complexity index is 222. The Morgan fingerprint density at radius 1 is 1.44 bits per heavy atom. The van der Waals surface area contributed by atoms with Crippen molar-refractivity contribution in [1.29, 1.82) is 0 Å². The van der Waals surface area contributed by atoms with Gasteiger partial charge in [0.05, 0.1) is 10.7 Å². The number of hydrogen-bond donors (Lipinski definition) is 0. The molecule has 0 unspecified atom stereocenters. The van der Waals surface area contributed by atoms with Crippen molar-refractivity contribution in [2.75, 3.05) is 0 Å². The van der Waals surface area contributed by atoms with E-state index in [1.807, 2.05) is 6.92 Å². The van der Waals surface area contributed by atoms with Crippen molar-refractivity contribution in [3.63, 3.8) is 0 Å². The minimum absolute atomic E-state index is 0.501. The van der Waals surface area contributed by atoms with Gasteiger partial charge in [0.15, 0.2) is 0 Å². The Labute approximate surface area is 58.9 Å². The molecule has 0 saturated heterocycles. The Kier molecular flexibility index (Phi) is 1.67. The molecule has 9 heavy (non-hydrogen) atoms. The molecule has 0 aromatic carbocycles. The summed E-state index contributed by atoms with van der Waals surface area (Å²) >= 11 is 5.60. The average molecular weight is 142 g/mol. The highest BCUT2D eigenvalue weighted by Gasteiger charge is 1.95. The minimum atomic E-state index is 0.501. The first-order valence-corrected chi connectivity index (χ1v) is 2.96. The van der Waals surface area contributed by atoms with Gasteiger partial charge in [-0.1, -0.05) is 11.6 Å². The maximum absolute atomic E-state index is 5.60. The van der Waals surface area contributed by atoms with Crippen LogP contribution in [0.4, 0.5) is 0 Å². The molecule has 3 heteroatoms. The van der Waals surface area contributed by atoms with Crippen LogP contribution in [0.15, 0.2) is 0 Å². The van der Waals surface area contributed by atoms with Crippen molar-refractivity contribution in [3.05, 3.63) is 22.7 Å². The third kappa shape index (κ3) is 1.39. The summed E-state index contributed by atoms with van der Waals surface area (Å²) in [6.45, 7) is 3.63. The predicted octanol–water partition coefficient (Wildman–Crippen LogP) is 1.55. The van der Waals surface area contributed by atoms with Crippen LogP contribution in [0.3, 0.4) is 0 Å². The van der Waals surface area contributed by atoms with Crippen molar-refractivity contribution in [3.8, 4) is 0 Å². The van der Waals surface area contributed by atoms with Crippen LogP contribution in [0.5, 0.6) is 0 Å². The molecule has 0 amide bonds. The molecule has 1 radical (unpaired) electrons. The highest BCUT2D eigenvalue weighted by atomic mass is 35.5. The van der Waals surface area contributed by atoms with E-state index in [0.717, 1.165) is 5.69 Å². The zero-order valence-electron chi connectivity index (χ0n) is 5.27. The lowest BCUT2D eigenvalue weighted by Gasteiger charge is -1.93. The summed E-state index contributed by atoms with van der Waals surface area (Å²) in [7, 11) is 0. The largest absolute Gasteiger partial charge is 0.237 e. The van der Waals surface area contributed by atoms with E-state index >= 15 is 0 Å². The lowest BCUT2D eigenvalue weighted by atomic mass is 10.4. The van der Waals surface area contributed by atoms with Gasteiger partial charge in [-0.25, -0.2) is 9.97 Å². The normalized spacial score (nSPS) is 9.67. The Hall–Kier alpha value is -0.630. The number of nitrogens with zero attached hydrogens (tertiary/aromatic N) is 2. The van der Waals surface area contributed by atoms with E-state index in [9.17, 15) is 0 Å². The Morgan fingerprint density at radius 2 is 2.11 bits per heavy atom. The molecule has 0 atom stereocenters. The van der Waals surface area contributed by atoms with Crippen LogP contribution in [-0.2, 0) is 0 Å². The monoisotopic (exact) mass is 141 g/mol. The van der Waals surface area contributed by atoms with Crippen LogP contribution in [-0.4, -0.2) is 9.97 Å². The van der Waals surface area contributed by atoms with Crippen LogP contribution in [0.25, 0.3) is 0 Å². The molecule has 0 bridgehead atoms. The number of aromatic nitrogens is 2. The molecule has 1 heterocycles. The molecule has 0 N–H and O–H groups in total. The van der Waals surface area contributed by atoms with Crippen molar-refractivity contribution in [2.45, 2.75) is 13.8 Å². The van der Waals surface area contributed by atoms with Gasteiger partial charge >= 0.3 is 0 Å². The summed E-state index contributed by atoms with van der Waals surface area (Å²) in [5, 5.41) is 0.501. The van der Waals surface area contributed by atoms with Gasteiger partial charge in [-0.3, -0.25) is 0 Å². The maximum Gasteiger partial charge on any atom is 0.126 e. The van der Waals surface area contributed by atoms with Crippen molar-refractivity contribution < 1.29 is 0 Å². The van der Waals surface area contributed by atoms with Crippen LogP contribution < -0.4 is 0 Å². The van der Waals surface area contributed by atoms with Gasteiger partial charge in [-0.05, 0) is 13.8 Å². The SMILES string of the molecule is Cc1n[c]c(Cl)c(C)n1. The van der Waals surface area contributed by atoms with E-state index in [1.165, 1.54) is 0 Å². The van der Waals surface area contributed by atoms with Crippen LogP contribution >= 0.6 is 11.6 Å². The van der Waals surface area contributed by atoms with E-state index in [1.54, 1.807) is 6.92 Å². The number of halogens is 1. The van der Waals surface area contributed by atoms with Crippen LogP contribution in [0.2, 0.25) is 5.02 Å². The molecule has 47 valence electrons. The Morgan fingerprint density at radius 3 is 2.56 bits per heavy atom. The third-order valence-electron chi connectivity index (χ3n) is 0.963. The molecule has 1 aromatic rings. The highest BCUT2D eigenvalue weighted by molar-refractivity contribution is 6.30. The van der Waals surface area contributed by atoms with Gasteiger partial charge in [0.1, 0.15) is 12.0 Å². The lowest BCUT2D eigenvalue weighted by Crippen LogP contribution is -1.89. The first kappa shape index (κ1) is 6.49. The van der Waals surface area contributed by atoms with E-state index in [2.05, 4.69) is 16.2 Å². The third-order valence-corrected chi connectivity index (χ3v) is 1.32. The smallest absolute Gasteiger partial charge is 0.126 e. The topological polar surface area (TPSA) is 25.8 Å². The van der Waals surface area contributed by atoms with Gasteiger partial charge in [0.25, 0.3) is 0 Å². The van der Waals surface area contributed by atoms with Gasteiger partial charge in [0, 0.05) is 0 Å². The number of hydrogen-bond acceptors (Lipinski definition) is 2. The molecule has 0 saturated carbocycles. The standard InChI is InChI=1S/C6H6ClN2/c1-4-6(7)3-8-5(2)9-4/h1-2H3.